The molecule has 0 saturated heterocycles. The monoisotopic (exact) mass is 380 g/mol. The van der Waals surface area contributed by atoms with Crippen LogP contribution in [0.4, 0.5) is 0 Å². The molecule has 0 aromatic heterocycles. The largest absolute Gasteiger partial charge is 0.478 e. The van der Waals surface area contributed by atoms with E-state index in [0.29, 0.717) is 0 Å². The fraction of sp³-hybridized carbons (Fsp3) is 0. The van der Waals surface area contributed by atoms with E-state index in [0.717, 1.165) is 6.07 Å². The second kappa shape index (κ2) is 6.49. The lowest BCUT2D eigenvalue weighted by molar-refractivity contribution is 0.0681. The van der Waals surface area contributed by atoms with Crippen molar-refractivity contribution < 1.29 is 34.4 Å². The molecule has 0 heterocycles. The summed E-state index contributed by atoms with van der Waals surface area (Å²) in [6.07, 6.45) is 0. The quantitative estimate of drug-likeness (QED) is 0.726. The van der Waals surface area contributed by atoms with Crippen LogP contribution >= 0.6 is 15.9 Å². The average Bonchev–Trinajstić information content (AvgIpc) is 2.46. The van der Waals surface area contributed by atoms with E-state index in [9.17, 15) is 14.4 Å². The maximum atomic E-state index is 11.0. The fourth-order valence-electron chi connectivity index (χ4n) is 1.77. The molecule has 2 aromatic carbocycles. The molecule has 0 aliphatic heterocycles. The zero-order chi connectivity index (χ0) is 17.1. The zero-order valence-electron chi connectivity index (χ0n) is 11.3. The van der Waals surface area contributed by atoms with Gasteiger partial charge in [-0.15, -0.1) is 0 Å². The topological polar surface area (TPSA) is 121 Å². The number of carboxylic acid groups (broad SMARTS) is 3. The maximum Gasteiger partial charge on any atom is 0.336 e. The number of ether oxygens (including phenoxy) is 1. The van der Waals surface area contributed by atoms with E-state index < -0.39 is 17.9 Å². The second-order valence-electron chi connectivity index (χ2n) is 4.41. The molecule has 23 heavy (non-hydrogen) atoms. The minimum absolute atomic E-state index is 0.0114. The third-order valence-electron chi connectivity index (χ3n) is 2.81. The van der Waals surface area contributed by atoms with Gasteiger partial charge < -0.3 is 20.1 Å². The lowest BCUT2D eigenvalue weighted by Crippen LogP contribution is -2.03. The summed E-state index contributed by atoms with van der Waals surface area (Å²) in [5.74, 6) is -3.47. The summed E-state index contributed by atoms with van der Waals surface area (Å²) in [6, 6.07) is 7.43. The number of benzene rings is 2. The molecule has 2 rings (SSSR count). The Morgan fingerprint density at radius 2 is 1.35 bits per heavy atom. The van der Waals surface area contributed by atoms with Gasteiger partial charge in [-0.1, -0.05) is 0 Å². The van der Waals surface area contributed by atoms with E-state index in [1.165, 1.54) is 30.3 Å². The number of carbonyl (C=O) groups is 3. The van der Waals surface area contributed by atoms with Gasteiger partial charge in [-0.05, 0) is 52.3 Å². The SMILES string of the molecule is O=C(O)c1cc(Oc2ccc(C(=O)O)c(Br)c2)cc(C(=O)O)c1. The summed E-state index contributed by atoms with van der Waals surface area (Å²) in [5, 5.41) is 26.9. The number of aromatic carboxylic acids is 3. The minimum Gasteiger partial charge on any atom is -0.478 e. The molecule has 8 heteroatoms. The van der Waals surface area contributed by atoms with Crippen LogP contribution in [0, 0.1) is 0 Å². The Hall–Kier alpha value is -2.87. The van der Waals surface area contributed by atoms with E-state index in [1.54, 1.807) is 0 Å². The lowest BCUT2D eigenvalue weighted by atomic mass is 10.1. The minimum atomic E-state index is -1.29. The number of halogens is 1. The summed E-state index contributed by atoms with van der Waals surface area (Å²) < 4.78 is 5.70. The van der Waals surface area contributed by atoms with Crippen molar-refractivity contribution in [2.75, 3.05) is 0 Å². The first-order chi connectivity index (χ1) is 10.8. The van der Waals surface area contributed by atoms with Crippen molar-refractivity contribution >= 4 is 33.8 Å². The third-order valence-corrected chi connectivity index (χ3v) is 3.46. The molecule has 0 saturated carbocycles. The van der Waals surface area contributed by atoms with E-state index >= 15 is 0 Å². The summed E-state index contributed by atoms with van der Waals surface area (Å²) in [7, 11) is 0. The van der Waals surface area contributed by atoms with E-state index in [-0.39, 0.29) is 32.7 Å². The molecule has 3 N–H and O–H groups in total. The van der Waals surface area contributed by atoms with Gasteiger partial charge in [-0.3, -0.25) is 0 Å². The molecule has 0 spiro atoms. The second-order valence-corrected chi connectivity index (χ2v) is 5.26. The van der Waals surface area contributed by atoms with Gasteiger partial charge in [-0.25, -0.2) is 14.4 Å². The number of hydrogen-bond donors (Lipinski definition) is 3. The van der Waals surface area contributed by atoms with Crippen molar-refractivity contribution in [1.29, 1.82) is 0 Å². The average molecular weight is 381 g/mol. The zero-order valence-corrected chi connectivity index (χ0v) is 12.9. The number of rotatable bonds is 5. The highest BCUT2D eigenvalue weighted by molar-refractivity contribution is 9.10. The summed E-state index contributed by atoms with van der Waals surface area (Å²) >= 11 is 3.09. The lowest BCUT2D eigenvalue weighted by Gasteiger charge is -2.09. The standard InChI is InChI=1S/C15H9BrO7/c16-12-6-9(1-2-11(12)15(21)22)23-10-4-7(13(17)18)3-8(5-10)14(19)20/h1-6H,(H,17,18)(H,19,20)(H,21,22). The predicted octanol–water partition coefficient (Wildman–Crippen LogP) is 3.34. The van der Waals surface area contributed by atoms with Crippen molar-refractivity contribution in [2.24, 2.45) is 0 Å². The van der Waals surface area contributed by atoms with Crippen LogP contribution in [-0.4, -0.2) is 33.2 Å². The fourth-order valence-corrected chi connectivity index (χ4v) is 2.30. The van der Waals surface area contributed by atoms with Gasteiger partial charge >= 0.3 is 17.9 Å². The van der Waals surface area contributed by atoms with Crippen LogP contribution in [0.2, 0.25) is 0 Å². The van der Waals surface area contributed by atoms with Crippen LogP contribution in [0.15, 0.2) is 40.9 Å². The van der Waals surface area contributed by atoms with Crippen LogP contribution in [0.25, 0.3) is 0 Å². The van der Waals surface area contributed by atoms with Gasteiger partial charge in [0.1, 0.15) is 11.5 Å². The highest BCUT2D eigenvalue weighted by Crippen LogP contribution is 2.28. The molecular formula is C15H9BrO7. The Morgan fingerprint density at radius 1 is 0.783 bits per heavy atom. The van der Waals surface area contributed by atoms with Gasteiger partial charge in [-0.2, -0.15) is 0 Å². The highest BCUT2D eigenvalue weighted by atomic mass is 79.9. The van der Waals surface area contributed by atoms with E-state index in [1.807, 2.05) is 0 Å². The summed E-state index contributed by atoms with van der Waals surface area (Å²) in [6.45, 7) is 0. The first kappa shape index (κ1) is 16.5. The first-order valence-electron chi connectivity index (χ1n) is 6.10. The summed E-state index contributed by atoms with van der Waals surface area (Å²) in [4.78, 5) is 33.0. The van der Waals surface area contributed by atoms with Crippen LogP contribution in [0.5, 0.6) is 11.5 Å². The van der Waals surface area contributed by atoms with Crippen molar-refractivity contribution in [1.82, 2.24) is 0 Å². The first-order valence-corrected chi connectivity index (χ1v) is 6.89. The molecule has 0 amide bonds. The molecule has 0 atom stereocenters. The molecule has 0 bridgehead atoms. The molecule has 7 nitrogen and oxygen atoms in total. The van der Waals surface area contributed by atoms with Crippen molar-refractivity contribution in [2.45, 2.75) is 0 Å². The molecule has 0 fully saturated rings. The molecule has 2 aromatic rings. The third kappa shape index (κ3) is 3.86. The summed E-state index contributed by atoms with van der Waals surface area (Å²) in [5.41, 5.74) is -0.440. The Bertz CT molecular complexity index is 781. The van der Waals surface area contributed by atoms with Gasteiger partial charge in [0.15, 0.2) is 0 Å². The van der Waals surface area contributed by atoms with Crippen molar-refractivity contribution in [3.63, 3.8) is 0 Å². The Balaban J connectivity index is 2.39. The molecule has 0 unspecified atom stereocenters. The van der Waals surface area contributed by atoms with Gasteiger partial charge in [0, 0.05) is 4.47 Å². The van der Waals surface area contributed by atoms with Crippen LogP contribution < -0.4 is 4.74 Å². The maximum absolute atomic E-state index is 11.0. The van der Waals surface area contributed by atoms with Crippen LogP contribution in [-0.2, 0) is 0 Å². The predicted molar refractivity (Wildman–Crippen MR) is 81.5 cm³/mol. The molecule has 0 aliphatic carbocycles. The van der Waals surface area contributed by atoms with Crippen LogP contribution in [0.3, 0.4) is 0 Å². The van der Waals surface area contributed by atoms with E-state index in [4.69, 9.17) is 20.1 Å². The van der Waals surface area contributed by atoms with Gasteiger partial charge in [0.2, 0.25) is 0 Å². The van der Waals surface area contributed by atoms with E-state index in [2.05, 4.69) is 15.9 Å². The Labute approximate surface area is 137 Å². The van der Waals surface area contributed by atoms with Crippen molar-refractivity contribution in [3.8, 4) is 11.5 Å². The number of carboxylic acids is 3. The number of hydrogen-bond acceptors (Lipinski definition) is 4. The Morgan fingerprint density at radius 3 is 1.78 bits per heavy atom. The Kier molecular flexibility index (Phi) is 4.65. The molecule has 0 aliphatic rings. The molecule has 118 valence electrons. The van der Waals surface area contributed by atoms with Crippen molar-refractivity contribution in [3.05, 3.63) is 57.6 Å². The normalized spacial score (nSPS) is 10.1. The highest BCUT2D eigenvalue weighted by Gasteiger charge is 2.14. The molecule has 0 radical (unpaired) electrons. The van der Waals surface area contributed by atoms with Crippen LogP contribution in [0.1, 0.15) is 31.1 Å². The van der Waals surface area contributed by atoms with Gasteiger partial charge in [0.05, 0.1) is 16.7 Å². The van der Waals surface area contributed by atoms with Gasteiger partial charge in [0.25, 0.3) is 0 Å². The smallest absolute Gasteiger partial charge is 0.336 e. The molecular weight excluding hydrogens is 372 g/mol.